The number of likely N-dealkylation sites (tertiary alicyclic amines) is 1. The van der Waals surface area contributed by atoms with Crippen LogP contribution in [-0.2, 0) is 9.59 Å². The smallest absolute Gasteiger partial charge is 0.306 e. The van der Waals surface area contributed by atoms with Gasteiger partial charge >= 0.3 is 5.97 Å². The van der Waals surface area contributed by atoms with E-state index in [2.05, 4.69) is 5.32 Å². The van der Waals surface area contributed by atoms with Crippen molar-refractivity contribution in [1.29, 1.82) is 0 Å². The number of benzene rings is 1. The summed E-state index contributed by atoms with van der Waals surface area (Å²) in [5.74, 6) is -1.33. The van der Waals surface area contributed by atoms with Crippen LogP contribution in [0.3, 0.4) is 0 Å². The molecule has 1 heterocycles. The first kappa shape index (κ1) is 18.4. The Bertz CT molecular complexity index is 653. The maximum absolute atomic E-state index is 12.7. The van der Waals surface area contributed by atoms with Gasteiger partial charge in [-0.2, -0.15) is 0 Å². The molecule has 2 unspecified atom stereocenters. The number of rotatable bonds is 4. The van der Waals surface area contributed by atoms with Crippen molar-refractivity contribution in [2.45, 2.75) is 44.6 Å². The number of carboxylic acids is 1. The van der Waals surface area contributed by atoms with E-state index < -0.39 is 5.97 Å². The number of hydrogen-bond acceptors (Lipinski definition) is 3. The molecular formula is C20H26N2O4. The Balaban J connectivity index is 1.48. The summed E-state index contributed by atoms with van der Waals surface area (Å²) in [6, 6.07) is 9.20. The maximum atomic E-state index is 12.7. The van der Waals surface area contributed by atoms with E-state index >= 15 is 0 Å². The van der Waals surface area contributed by atoms with E-state index in [-0.39, 0.29) is 29.7 Å². The second kappa shape index (κ2) is 8.34. The van der Waals surface area contributed by atoms with Gasteiger partial charge in [-0.3, -0.25) is 14.4 Å². The lowest BCUT2D eigenvalue weighted by atomic mass is 9.80. The molecule has 0 radical (unpaired) electrons. The molecule has 3 rings (SSSR count). The molecule has 1 aromatic carbocycles. The monoisotopic (exact) mass is 358 g/mol. The van der Waals surface area contributed by atoms with Crippen molar-refractivity contribution < 1.29 is 19.5 Å². The molecule has 2 N–H and O–H groups in total. The fraction of sp³-hybridized carbons (Fsp3) is 0.550. The lowest BCUT2D eigenvalue weighted by molar-refractivity contribution is -0.145. The highest BCUT2D eigenvalue weighted by Gasteiger charge is 2.34. The normalized spacial score (nSPS) is 24.1. The maximum Gasteiger partial charge on any atom is 0.306 e. The molecule has 1 saturated heterocycles. The topological polar surface area (TPSA) is 86.7 Å². The van der Waals surface area contributed by atoms with Crippen molar-refractivity contribution in [2.24, 2.45) is 11.8 Å². The number of carboxylic acid groups (broad SMARTS) is 1. The Morgan fingerprint density at radius 1 is 0.962 bits per heavy atom. The lowest BCUT2D eigenvalue weighted by Crippen LogP contribution is -2.48. The van der Waals surface area contributed by atoms with Gasteiger partial charge in [0.2, 0.25) is 5.91 Å². The number of aliphatic carboxylic acids is 1. The molecule has 2 amide bonds. The van der Waals surface area contributed by atoms with Crippen LogP contribution < -0.4 is 5.32 Å². The summed E-state index contributed by atoms with van der Waals surface area (Å²) in [5.41, 5.74) is 0.646. The number of carbonyl (C=O) groups excluding carboxylic acids is 2. The van der Waals surface area contributed by atoms with Crippen molar-refractivity contribution in [1.82, 2.24) is 10.2 Å². The Labute approximate surface area is 153 Å². The highest BCUT2D eigenvalue weighted by atomic mass is 16.4. The third-order valence-corrected chi connectivity index (χ3v) is 5.55. The lowest BCUT2D eigenvalue weighted by Gasteiger charge is -2.36. The van der Waals surface area contributed by atoms with E-state index in [4.69, 9.17) is 0 Å². The summed E-state index contributed by atoms with van der Waals surface area (Å²) in [6.07, 6.45) is 4.19. The predicted octanol–water partition coefficient (Wildman–Crippen LogP) is 2.30. The first-order chi connectivity index (χ1) is 12.5. The zero-order valence-electron chi connectivity index (χ0n) is 14.9. The number of amides is 2. The Morgan fingerprint density at radius 2 is 1.62 bits per heavy atom. The van der Waals surface area contributed by atoms with Gasteiger partial charge in [-0.15, -0.1) is 0 Å². The average Bonchev–Trinajstić information content (AvgIpc) is 2.68. The number of piperidine rings is 1. The van der Waals surface area contributed by atoms with Crippen LogP contribution in [0.1, 0.15) is 48.9 Å². The third kappa shape index (κ3) is 4.42. The summed E-state index contributed by atoms with van der Waals surface area (Å²) < 4.78 is 0. The number of nitrogens with one attached hydrogen (secondary N) is 1. The molecular weight excluding hydrogens is 332 g/mol. The molecule has 1 aliphatic carbocycles. The zero-order chi connectivity index (χ0) is 18.5. The molecule has 0 bridgehead atoms. The summed E-state index contributed by atoms with van der Waals surface area (Å²) in [4.78, 5) is 38.0. The van der Waals surface area contributed by atoms with Crippen molar-refractivity contribution in [2.75, 3.05) is 13.1 Å². The molecule has 26 heavy (non-hydrogen) atoms. The van der Waals surface area contributed by atoms with E-state index in [1.54, 1.807) is 12.1 Å². The quantitative estimate of drug-likeness (QED) is 0.865. The first-order valence-electron chi connectivity index (χ1n) is 9.42. The van der Waals surface area contributed by atoms with Crippen molar-refractivity contribution in [3.63, 3.8) is 0 Å². The summed E-state index contributed by atoms with van der Waals surface area (Å²) in [7, 11) is 0. The van der Waals surface area contributed by atoms with Crippen molar-refractivity contribution in [3.05, 3.63) is 35.9 Å². The van der Waals surface area contributed by atoms with Crippen LogP contribution in [-0.4, -0.2) is 46.9 Å². The Morgan fingerprint density at radius 3 is 2.27 bits per heavy atom. The number of nitrogens with zero attached hydrogens (tertiary/aromatic N) is 1. The first-order valence-corrected chi connectivity index (χ1v) is 9.42. The van der Waals surface area contributed by atoms with Gasteiger partial charge in [-0.1, -0.05) is 24.6 Å². The number of carbonyl (C=O) groups is 3. The largest absolute Gasteiger partial charge is 0.481 e. The second-order valence-electron chi connectivity index (χ2n) is 7.34. The van der Waals surface area contributed by atoms with Crippen LogP contribution >= 0.6 is 0 Å². The van der Waals surface area contributed by atoms with Gasteiger partial charge in [-0.25, -0.2) is 0 Å². The Hall–Kier alpha value is -2.37. The second-order valence-corrected chi connectivity index (χ2v) is 7.34. The fourth-order valence-electron chi connectivity index (χ4n) is 4.00. The van der Waals surface area contributed by atoms with Gasteiger partial charge < -0.3 is 15.3 Å². The highest BCUT2D eigenvalue weighted by molar-refractivity contribution is 5.94. The SMILES string of the molecule is O=C(NC1CCN(C(=O)C2CCCC(C(=O)O)C2)CC1)c1ccccc1. The number of hydrogen-bond donors (Lipinski definition) is 2. The molecule has 1 aliphatic heterocycles. The van der Waals surface area contributed by atoms with Crippen LogP contribution in [0.25, 0.3) is 0 Å². The molecule has 2 atom stereocenters. The highest BCUT2D eigenvalue weighted by Crippen LogP contribution is 2.31. The molecule has 6 nitrogen and oxygen atoms in total. The van der Waals surface area contributed by atoms with Gasteiger partial charge in [0.1, 0.15) is 0 Å². The zero-order valence-corrected chi connectivity index (χ0v) is 14.9. The summed E-state index contributed by atoms with van der Waals surface area (Å²) in [6.45, 7) is 1.24. The van der Waals surface area contributed by atoms with Crippen molar-refractivity contribution in [3.8, 4) is 0 Å². The molecule has 2 fully saturated rings. The van der Waals surface area contributed by atoms with Crippen LogP contribution in [0.2, 0.25) is 0 Å². The van der Waals surface area contributed by atoms with Crippen LogP contribution in [0.5, 0.6) is 0 Å². The minimum absolute atomic E-state index is 0.0740. The molecule has 6 heteroatoms. The van der Waals surface area contributed by atoms with Gasteiger partial charge in [0.15, 0.2) is 0 Å². The van der Waals surface area contributed by atoms with Crippen LogP contribution in [0, 0.1) is 11.8 Å². The van der Waals surface area contributed by atoms with E-state index in [9.17, 15) is 19.5 Å². The summed E-state index contributed by atoms with van der Waals surface area (Å²) >= 11 is 0. The average molecular weight is 358 g/mol. The van der Waals surface area contributed by atoms with E-state index in [1.165, 1.54) is 0 Å². The van der Waals surface area contributed by atoms with Crippen LogP contribution in [0.15, 0.2) is 30.3 Å². The minimum Gasteiger partial charge on any atom is -0.481 e. The predicted molar refractivity (Wildman–Crippen MR) is 96.6 cm³/mol. The van der Waals surface area contributed by atoms with E-state index in [0.29, 0.717) is 31.5 Å². The standard InChI is InChI=1S/C20H26N2O4/c23-18(14-5-2-1-3-6-14)21-17-9-11-22(12-10-17)19(24)15-7-4-8-16(13-15)20(25)26/h1-3,5-6,15-17H,4,7-13H2,(H,21,23)(H,25,26). The molecule has 1 saturated carbocycles. The third-order valence-electron chi connectivity index (χ3n) is 5.55. The van der Waals surface area contributed by atoms with Gasteiger partial charge in [0.05, 0.1) is 5.92 Å². The van der Waals surface area contributed by atoms with E-state index in [1.807, 2.05) is 23.1 Å². The van der Waals surface area contributed by atoms with Gasteiger partial charge in [0, 0.05) is 30.6 Å². The van der Waals surface area contributed by atoms with Gasteiger partial charge in [0.25, 0.3) is 5.91 Å². The molecule has 140 valence electrons. The summed E-state index contributed by atoms with van der Waals surface area (Å²) in [5, 5.41) is 12.2. The van der Waals surface area contributed by atoms with E-state index in [0.717, 1.165) is 25.7 Å². The molecule has 2 aliphatic rings. The Kier molecular flexibility index (Phi) is 5.91. The van der Waals surface area contributed by atoms with Crippen LogP contribution in [0.4, 0.5) is 0 Å². The molecule has 1 aromatic rings. The fourth-order valence-corrected chi connectivity index (χ4v) is 4.00. The minimum atomic E-state index is -0.787. The molecule has 0 aromatic heterocycles. The van der Waals surface area contributed by atoms with Gasteiger partial charge in [-0.05, 0) is 44.2 Å². The van der Waals surface area contributed by atoms with Crippen molar-refractivity contribution >= 4 is 17.8 Å². The molecule has 0 spiro atoms.